The SMILES string of the molecule is CN(C)CCCN(C)S(=O)(=O)c1cc(Cl)cc(N)c1F. The Morgan fingerprint density at radius 1 is 1.25 bits per heavy atom. The van der Waals surface area contributed by atoms with Gasteiger partial charge in [0, 0.05) is 18.6 Å². The molecule has 0 heterocycles. The van der Waals surface area contributed by atoms with E-state index in [0.29, 0.717) is 6.42 Å². The summed E-state index contributed by atoms with van der Waals surface area (Å²) in [7, 11) is 1.26. The normalized spacial score (nSPS) is 12.3. The summed E-state index contributed by atoms with van der Waals surface area (Å²) in [4.78, 5) is 1.45. The Balaban J connectivity index is 2.99. The molecule has 8 heteroatoms. The molecule has 0 bridgehead atoms. The van der Waals surface area contributed by atoms with Crippen LogP contribution < -0.4 is 5.73 Å². The zero-order valence-corrected chi connectivity index (χ0v) is 13.3. The number of nitrogens with zero attached hydrogens (tertiary/aromatic N) is 2. The zero-order valence-electron chi connectivity index (χ0n) is 11.7. The Morgan fingerprint density at radius 2 is 1.85 bits per heavy atom. The molecule has 2 N–H and O–H groups in total. The van der Waals surface area contributed by atoms with Gasteiger partial charge in [-0.2, -0.15) is 0 Å². The van der Waals surface area contributed by atoms with E-state index in [0.717, 1.165) is 16.9 Å². The van der Waals surface area contributed by atoms with Crippen LogP contribution in [0.4, 0.5) is 10.1 Å². The molecular formula is C12H19ClFN3O2S. The summed E-state index contributed by atoms with van der Waals surface area (Å²) in [6.45, 7) is 1.02. The van der Waals surface area contributed by atoms with Crippen LogP contribution in [0, 0.1) is 5.82 Å². The van der Waals surface area contributed by atoms with Gasteiger partial charge in [-0.3, -0.25) is 0 Å². The Bertz CT molecular complexity index is 578. The lowest BCUT2D eigenvalue weighted by atomic mass is 10.3. The highest BCUT2D eigenvalue weighted by Crippen LogP contribution is 2.27. The van der Waals surface area contributed by atoms with Crippen molar-refractivity contribution < 1.29 is 12.8 Å². The van der Waals surface area contributed by atoms with Crippen molar-refractivity contribution in [2.75, 3.05) is 40.0 Å². The molecule has 0 aromatic heterocycles. The molecule has 0 spiro atoms. The smallest absolute Gasteiger partial charge is 0.245 e. The molecular weight excluding hydrogens is 305 g/mol. The van der Waals surface area contributed by atoms with Crippen LogP contribution in [0.1, 0.15) is 6.42 Å². The van der Waals surface area contributed by atoms with Crippen LogP contribution in [-0.2, 0) is 10.0 Å². The number of hydrogen-bond donors (Lipinski definition) is 1. The van der Waals surface area contributed by atoms with E-state index < -0.39 is 20.7 Å². The molecule has 0 saturated heterocycles. The minimum absolute atomic E-state index is 0.0872. The lowest BCUT2D eigenvalue weighted by Crippen LogP contribution is -2.30. The fourth-order valence-corrected chi connectivity index (χ4v) is 3.29. The molecule has 1 rings (SSSR count). The number of nitrogens with two attached hydrogens (primary N) is 1. The lowest BCUT2D eigenvalue weighted by Gasteiger charge is -2.19. The Morgan fingerprint density at radius 3 is 2.40 bits per heavy atom. The fourth-order valence-electron chi connectivity index (χ4n) is 1.67. The van der Waals surface area contributed by atoms with E-state index in [-0.39, 0.29) is 17.3 Å². The highest BCUT2D eigenvalue weighted by Gasteiger charge is 2.26. The maximum Gasteiger partial charge on any atom is 0.245 e. The Kier molecular flexibility index (Phi) is 5.76. The average Bonchev–Trinajstić information content (AvgIpc) is 2.32. The van der Waals surface area contributed by atoms with Gasteiger partial charge in [-0.05, 0) is 39.2 Å². The molecule has 0 aliphatic carbocycles. The second kappa shape index (κ2) is 6.71. The maximum atomic E-state index is 13.9. The van der Waals surface area contributed by atoms with Crippen molar-refractivity contribution in [3.63, 3.8) is 0 Å². The number of nitrogen functional groups attached to an aromatic ring is 1. The van der Waals surface area contributed by atoms with E-state index >= 15 is 0 Å². The van der Waals surface area contributed by atoms with Gasteiger partial charge in [0.1, 0.15) is 4.90 Å². The van der Waals surface area contributed by atoms with Crippen LogP contribution in [0.3, 0.4) is 0 Å². The van der Waals surface area contributed by atoms with E-state index in [1.54, 1.807) is 0 Å². The van der Waals surface area contributed by atoms with Gasteiger partial charge in [0.25, 0.3) is 0 Å². The molecule has 20 heavy (non-hydrogen) atoms. The van der Waals surface area contributed by atoms with Gasteiger partial charge >= 0.3 is 0 Å². The van der Waals surface area contributed by atoms with Gasteiger partial charge in [0.2, 0.25) is 10.0 Å². The topological polar surface area (TPSA) is 66.6 Å². The predicted octanol–water partition coefficient (Wildman–Crippen LogP) is 1.63. The van der Waals surface area contributed by atoms with Gasteiger partial charge in [-0.15, -0.1) is 0 Å². The van der Waals surface area contributed by atoms with E-state index in [1.807, 2.05) is 19.0 Å². The largest absolute Gasteiger partial charge is 0.396 e. The van der Waals surface area contributed by atoms with Crippen LogP contribution in [-0.4, -0.2) is 51.9 Å². The lowest BCUT2D eigenvalue weighted by molar-refractivity contribution is 0.369. The van der Waals surface area contributed by atoms with Gasteiger partial charge < -0.3 is 10.6 Å². The Hall–Kier alpha value is -0.890. The quantitative estimate of drug-likeness (QED) is 0.808. The van der Waals surface area contributed by atoms with Crippen LogP contribution in [0.25, 0.3) is 0 Å². The van der Waals surface area contributed by atoms with Gasteiger partial charge in [0.15, 0.2) is 5.82 Å². The summed E-state index contributed by atoms with van der Waals surface area (Å²) in [5.74, 6) is -0.964. The summed E-state index contributed by atoms with van der Waals surface area (Å²) in [6, 6.07) is 2.26. The van der Waals surface area contributed by atoms with Crippen molar-refractivity contribution in [2.45, 2.75) is 11.3 Å². The fraction of sp³-hybridized carbons (Fsp3) is 0.500. The molecule has 1 aromatic rings. The summed E-state index contributed by atoms with van der Waals surface area (Å²) in [5.41, 5.74) is 5.13. The number of benzene rings is 1. The van der Waals surface area contributed by atoms with Crippen LogP contribution in [0.5, 0.6) is 0 Å². The first kappa shape index (κ1) is 17.2. The summed E-state index contributed by atoms with van der Waals surface area (Å²) in [5, 5.41) is 0.0872. The number of rotatable bonds is 6. The van der Waals surface area contributed by atoms with Crippen molar-refractivity contribution in [1.29, 1.82) is 0 Å². The summed E-state index contributed by atoms with van der Waals surface area (Å²) in [6.07, 6.45) is 0.639. The van der Waals surface area contributed by atoms with E-state index in [4.69, 9.17) is 17.3 Å². The number of halogens is 2. The number of sulfonamides is 1. The van der Waals surface area contributed by atoms with Crippen LogP contribution in [0.15, 0.2) is 17.0 Å². The van der Waals surface area contributed by atoms with E-state index in [9.17, 15) is 12.8 Å². The third kappa shape index (κ3) is 4.05. The molecule has 0 radical (unpaired) electrons. The summed E-state index contributed by atoms with van der Waals surface area (Å²) < 4.78 is 39.6. The predicted molar refractivity (Wildman–Crippen MR) is 78.8 cm³/mol. The molecule has 5 nitrogen and oxygen atoms in total. The molecule has 0 unspecified atom stereocenters. The number of anilines is 1. The van der Waals surface area contributed by atoms with Gasteiger partial charge in [-0.1, -0.05) is 11.6 Å². The molecule has 0 saturated carbocycles. The first-order chi connectivity index (χ1) is 9.16. The highest BCUT2D eigenvalue weighted by molar-refractivity contribution is 7.89. The molecule has 114 valence electrons. The first-order valence-electron chi connectivity index (χ1n) is 6.02. The monoisotopic (exact) mass is 323 g/mol. The van der Waals surface area contributed by atoms with Crippen molar-refractivity contribution in [1.82, 2.24) is 9.21 Å². The molecule has 0 aliphatic rings. The third-order valence-electron chi connectivity index (χ3n) is 2.80. The minimum Gasteiger partial charge on any atom is -0.396 e. The van der Waals surface area contributed by atoms with Crippen LogP contribution in [0.2, 0.25) is 5.02 Å². The second-order valence-electron chi connectivity index (χ2n) is 4.79. The summed E-state index contributed by atoms with van der Waals surface area (Å²) >= 11 is 5.74. The highest BCUT2D eigenvalue weighted by atomic mass is 35.5. The van der Waals surface area contributed by atoms with Crippen molar-refractivity contribution in [3.8, 4) is 0 Å². The third-order valence-corrected chi connectivity index (χ3v) is 4.87. The van der Waals surface area contributed by atoms with Gasteiger partial charge in [0.05, 0.1) is 5.69 Å². The van der Waals surface area contributed by atoms with E-state index in [2.05, 4.69) is 0 Å². The minimum atomic E-state index is -3.94. The Labute approximate surface area is 124 Å². The van der Waals surface area contributed by atoms with Crippen LogP contribution >= 0.6 is 11.6 Å². The van der Waals surface area contributed by atoms with Crippen molar-refractivity contribution in [3.05, 3.63) is 23.0 Å². The zero-order chi connectivity index (χ0) is 15.5. The molecule has 0 fully saturated rings. The van der Waals surface area contributed by atoms with Crippen molar-refractivity contribution in [2.24, 2.45) is 0 Å². The second-order valence-corrected chi connectivity index (χ2v) is 7.24. The first-order valence-corrected chi connectivity index (χ1v) is 7.83. The standard InChI is InChI=1S/C12H19ClFN3O2S/c1-16(2)5-4-6-17(3)20(18,19)11-8-9(13)7-10(15)12(11)14/h7-8H,4-6,15H2,1-3H3. The van der Waals surface area contributed by atoms with Gasteiger partial charge in [-0.25, -0.2) is 17.1 Å². The molecule has 1 aromatic carbocycles. The number of hydrogen-bond acceptors (Lipinski definition) is 4. The molecule has 0 amide bonds. The van der Waals surface area contributed by atoms with E-state index in [1.165, 1.54) is 13.1 Å². The molecule has 0 atom stereocenters. The average molecular weight is 324 g/mol. The molecule has 0 aliphatic heterocycles. The maximum absolute atomic E-state index is 13.9. The van der Waals surface area contributed by atoms with Crippen molar-refractivity contribution >= 4 is 27.3 Å².